The molecule has 1 N–H and O–H groups in total. The molecule has 1 aromatic heterocycles. The summed E-state index contributed by atoms with van der Waals surface area (Å²) < 4.78 is 1.55. The fraction of sp³-hybridized carbons (Fsp3) is 0.150. The molecule has 3 rings (SSSR count). The lowest BCUT2D eigenvalue weighted by molar-refractivity contribution is 0.101. The minimum Gasteiger partial charge on any atom is -0.320 e. The van der Waals surface area contributed by atoms with Crippen molar-refractivity contribution in [1.82, 2.24) is 9.78 Å². The van der Waals surface area contributed by atoms with Crippen molar-refractivity contribution in [1.29, 1.82) is 0 Å². The third kappa shape index (κ3) is 3.68. The number of hydrogen-bond donors (Lipinski definition) is 1. The van der Waals surface area contributed by atoms with Gasteiger partial charge >= 0.3 is 0 Å². The molecule has 0 saturated carbocycles. The summed E-state index contributed by atoms with van der Waals surface area (Å²) in [5, 5.41) is 7.59. The van der Waals surface area contributed by atoms with Gasteiger partial charge in [-0.1, -0.05) is 17.7 Å². The highest BCUT2D eigenvalue weighted by Gasteiger charge is 2.16. The molecule has 0 saturated heterocycles. The number of rotatable bonds is 3. The van der Waals surface area contributed by atoms with E-state index in [1.807, 2.05) is 26.0 Å². The number of carbonyl (C=O) groups excluding carboxylic acids is 1. The number of nitrogens with one attached hydrogen (secondary N) is 1. The van der Waals surface area contributed by atoms with Crippen LogP contribution >= 0.6 is 11.6 Å². The average Bonchev–Trinajstić information content (AvgIpc) is 2.59. The maximum absolute atomic E-state index is 12.6. The van der Waals surface area contributed by atoms with Crippen molar-refractivity contribution in [2.24, 2.45) is 0 Å². The summed E-state index contributed by atoms with van der Waals surface area (Å²) >= 11 is 5.92. The Morgan fingerprint density at radius 2 is 1.69 bits per heavy atom. The van der Waals surface area contributed by atoms with Crippen molar-refractivity contribution >= 4 is 23.2 Å². The minimum atomic E-state index is -0.541. The van der Waals surface area contributed by atoms with Crippen LogP contribution in [0.15, 0.2) is 53.3 Å². The van der Waals surface area contributed by atoms with Gasteiger partial charge in [-0.15, -0.1) is 0 Å². The van der Waals surface area contributed by atoms with Crippen molar-refractivity contribution in [3.63, 3.8) is 0 Å². The number of halogens is 1. The molecule has 0 radical (unpaired) electrons. The fourth-order valence-electron chi connectivity index (χ4n) is 2.56. The molecule has 3 aromatic rings. The number of anilines is 1. The minimum absolute atomic E-state index is 0.163. The van der Waals surface area contributed by atoms with Crippen LogP contribution in [-0.2, 0) is 0 Å². The standard InChI is InChI=1S/C20H18ClN3O2/c1-12-4-7-16(10-13(12)2)22-20(26)19-18(25)11-14(3)24(23-19)17-8-5-15(21)6-9-17/h4-11H,1-3H3,(H,22,26). The molecule has 132 valence electrons. The molecule has 0 aliphatic rings. The first-order valence-electron chi connectivity index (χ1n) is 8.10. The van der Waals surface area contributed by atoms with Crippen LogP contribution in [0.5, 0.6) is 0 Å². The first-order valence-corrected chi connectivity index (χ1v) is 8.48. The van der Waals surface area contributed by atoms with E-state index in [0.29, 0.717) is 22.1 Å². The highest BCUT2D eigenvalue weighted by atomic mass is 35.5. The van der Waals surface area contributed by atoms with Gasteiger partial charge in [0.1, 0.15) is 0 Å². The van der Waals surface area contributed by atoms with Crippen molar-refractivity contribution < 1.29 is 4.79 Å². The number of carbonyl (C=O) groups is 1. The van der Waals surface area contributed by atoms with E-state index in [1.54, 1.807) is 41.9 Å². The van der Waals surface area contributed by atoms with E-state index in [4.69, 9.17) is 11.6 Å². The third-order valence-corrected chi connectivity index (χ3v) is 4.41. The molecule has 0 spiro atoms. The van der Waals surface area contributed by atoms with E-state index >= 15 is 0 Å². The molecule has 1 heterocycles. The van der Waals surface area contributed by atoms with E-state index in [0.717, 1.165) is 11.1 Å². The van der Waals surface area contributed by atoms with Crippen LogP contribution in [-0.4, -0.2) is 15.7 Å². The molecular weight excluding hydrogens is 350 g/mol. The zero-order chi connectivity index (χ0) is 18.8. The summed E-state index contributed by atoms with van der Waals surface area (Å²) in [6, 6.07) is 14.0. The predicted octanol–water partition coefficient (Wildman–Crippen LogP) is 4.06. The first-order chi connectivity index (χ1) is 12.3. The number of aryl methyl sites for hydroxylation is 3. The quantitative estimate of drug-likeness (QED) is 0.759. The number of nitrogens with zero attached hydrogens (tertiary/aromatic N) is 2. The molecule has 1 amide bonds. The van der Waals surface area contributed by atoms with Crippen LogP contribution < -0.4 is 10.7 Å². The van der Waals surface area contributed by atoms with Crippen LogP contribution in [0.3, 0.4) is 0 Å². The normalized spacial score (nSPS) is 10.6. The van der Waals surface area contributed by atoms with E-state index in [-0.39, 0.29) is 5.69 Å². The van der Waals surface area contributed by atoms with Gasteiger partial charge in [-0.05, 0) is 68.3 Å². The monoisotopic (exact) mass is 367 g/mol. The fourth-order valence-corrected chi connectivity index (χ4v) is 2.68. The second-order valence-electron chi connectivity index (χ2n) is 6.14. The summed E-state index contributed by atoms with van der Waals surface area (Å²) in [6.45, 7) is 5.71. The van der Waals surface area contributed by atoms with Crippen LogP contribution in [0.1, 0.15) is 27.3 Å². The molecule has 6 heteroatoms. The van der Waals surface area contributed by atoms with Gasteiger partial charge in [0, 0.05) is 22.5 Å². The topological polar surface area (TPSA) is 64.0 Å². The van der Waals surface area contributed by atoms with Crippen molar-refractivity contribution in [3.8, 4) is 5.69 Å². The lowest BCUT2D eigenvalue weighted by atomic mass is 10.1. The second-order valence-corrected chi connectivity index (χ2v) is 6.58. The number of hydrogen-bond acceptors (Lipinski definition) is 3. The van der Waals surface area contributed by atoms with Gasteiger partial charge in [0.05, 0.1) is 5.69 Å². The van der Waals surface area contributed by atoms with Gasteiger partial charge in [-0.25, -0.2) is 4.68 Å². The van der Waals surface area contributed by atoms with E-state index in [2.05, 4.69) is 10.4 Å². The van der Waals surface area contributed by atoms with Crippen LogP contribution in [0, 0.1) is 20.8 Å². The Labute approximate surface area is 156 Å². The van der Waals surface area contributed by atoms with E-state index in [1.165, 1.54) is 6.07 Å². The number of amides is 1. The van der Waals surface area contributed by atoms with Crippen LogP contribution in [0.4, 0.5) is 5.69 Å². The smallest absolute Gasteiger partial charge is 0.280 e. The Morgan fingerprint density at radius 1 is 1.00 bits per heavy atom. The predicted molar refractivity (Wildman–Crippen MR) is 103 cm³/mol. The Balaban J connectivity index is 1.97. The Hall–Kier alpha value is -2.92. The molecule has 0 bridgehead atoms. The lowest BCUT2D eigenvalue weighted by Crippen LogP contribution is -2.26. The van der Waals surface area contributed by atoms with Crippen LogP contribution in [0.25, 0.3) is 5.69 Å². The summed E-state index contributed by atoms with van der Waals surface area (Å²) in [7, 11) is 0. The van der Waals surface area contributed by atoms with Gasteiger partial charge in [0.2, 0.25) is 5.43 Å². The first kappa shape index (κ1) is 17.9. The van der Waals surface area contributed by atoms with Crippen LogP contribution in [0.2, 0.25) is 5.02 Å². The molecule has 0 aliphatic heterocycles. The van der Waals surface area contributed by atoms with E-state index in [9.17, 15) is 9.59 Å². The highest BCUT2D eigenvalue weighted by molar-refractivity contribution is 6.30. The summed E-state index contributed by atoms with van der Waals surface area (Å²) in [4.78, 5) is 24.8. The Morgan fingerprint density at radius 3 is 2.35 bits per heavy atom. The second kappa shape index (κ2) is 7.14. The Kier molecular flexibility index (Phi) is 4.91. The maximum Gasteiger partial charge on any atom is 0.280 e. The van der Waals surface area contributed by atoms with Gasteiger partial charge in [-0.3, -0.25) is 9.59 Å². The highest BCUT2D eigenvalue weighted by Crippen LogP contribution is 2.16. The maximum atomic E-state index is 12.6. The van der Waals surface area contributed by atoms with Crippen molar-refractivity contribution in [2.75, 3.05) is 5.32 Å². The van der Waals surface area contributed by atoms with Gasteiger partial charge in [0.25, 0.3) is 5.91 Å². The third-order valence-electron chi connectivity index (χ3n) is 4.16. The SMILES string of the molecule is Cc1ccc(NC(=O)c2nn(-c3ccc(Cl)cc3)c(C)cc2=O)cc1C. The van der Waals surface area contributed by atoms with Gasteiger partial charge in [-0.2, -0.15) is 5.10 Å². The number of benzene rings is 2. The lowest BCUT2D eigenvalue weighted by Gasteiger charge is -2.12. The van der Waals surface area contributed by atoms with Gasteiger partial charge < -0.3 is 5.32 Å². The summed E-state index contributed by atoms with van der Waals surface area (Å²) in [6.07, 6.45) is 0. The largest absolute Gasteiger partial charge is 0.320 e. The Bertz CT molecular complexity index is 1040. The molecule has 0 fully saturated rings. The van der Waals surface area contributed by atoms with Gasteiger partial charge in [0.15, 0.2) is 5.69 Å². The number of aromatic nitrogens is 2. The molecule has 2 aromatic carbocycles. The van der Waals surface area contributed by atoms with E-state index < -0.39 is 11.3 Å². The molecular formula is C20H18ClN3O2. The zero-order valence-corrected chi connectivity index (χ0v) is 15.5. The van der Waals surface area contributed by atoms with Crippen molar-refractivity contribution in [3.05, 3.63) is 86.3 Å². The molecule has 0 atom stereocenters. The zero-order valence-electron chi connectivity index (χ0n) is 14.7. The summed E-state index contributed by atoms with van der Waals surface area (Å²) in [5.74, 6) is -0.541. The molecule has 26 heavy (non-hydrogen) atoms. The summed E-state index contributed by atoms with van der Waals surface area (Å²) in [5.41, 5.74) is 3.56. The molecule has 5 nitrogen and oxygen atoms in total. The molecule has 0 aliphatic carbocycles. The average molecular weight is 368 g/mol. The molecule has 0 unspecified atom stereocenters. The van der Waals surface area contributed by atoms with Crippen molar-refractivity contribution in [2.45, 2.75) is 20.8 Å².